The zero-order valence-electron chi connectivity index (χ0n) is 14.1. The quantitative estimate of drug-likeness (QED) is 0.878. The minimum Gasteiger partial charge on any atom is -0.351 e. The molecule has 0 spiro atoms. The molecule has 1 N–H and O–H groups in total. The van der Waals surface area contributed by atoms with Crippen molar-refractivity contribution in [3.05, 3.63) is 41.8 Å². The number of amides is 1. The van der Waals surface area contributed by atoms with Crippen LogP contribution in [0.4, 0.5) is 0 Å². The van der Waals surface area contributed by atoms with Gasteiger partial charge in [0.1, 0.15) is 0 Å². The molecule has 0 aromatic heterocycles. The zero-order chi connectivity index (χ0) is 16.7. The van der Waals surface area contributed by atoms with Crippen molar-refractivity contribution in [3.8, 4) is 6.07 Å². The van der Waals surface area contributed by atoms with Crippen LogP contribution in [0.15, 0.2) is 24.3 Å². The van der Waals surface area contributed by atoms with E-state index in [9.17, 15) is 4.79 Å². The first-order valence-corrected chi connectivity index (χ1v) is 8.42. The second-order valence-corrected chi connectivity index (χ2v) is 6.57. The Bertz CT molecular complexity index is 545. The van der Waals surface area contributed by atoms with E-state index in [2.05, 4.69) is 36.6 Å². The van der Waals surface area contributed by atoms with Crippen molar-refractivity contribution >= 4 is 5.91 Å². The van der Waals surface area contributed by atoms with Crippen molar-refractivity contribution < 1.29 is 4.79 Å². The third-order valence-electron chi connectivity index (χ3n) is 4.30. The van der Waals surface area contributed by atoms with Gasteiger partial charge in [-0.2, -0.15) is 5.26 Å². The van der Waals surface area contributed by atoms with Gasteiger partial charge in [0.25, 0.3) is 0 Å². The molecule has 1 aromatic carbocycles. The largest absolute Gasteiger partial charge is 0.351 e. The van der Waals surface area contributed by atoms with Gasteiger partial charge in [0.2, 0.25) is 5.91 Å². The van der Waals surface area contributed by atoms with Crippen molar-refractivity contribution in [1.82, 2.24) is 10.2 Å². The molecule has 0 aliphatic carbocycles. The molecule has 0 saturated carbocycles. The molecular formula is C19H26N3O. The zero-order valence-corrected chi connectivity index (χ0v) is 14.1. The Labute approximate surface area is 139 Å². The molecule has 123 valence electrons. The van der Waals surface area contributed by atoms with Crippen LogP contribution in [-0.2, 0) is 11.3 Å². The van der Waals surface area contributed by atoms with E-state index >= 15 is 0 Å². The monoisotopic (exact) mass is 312 g/mol. The Hall–Kier alpha value is -1.86. The number of carbonyl (C=O) groups excluding carboxylic acids is 1. The van der Waals surface area contributed by atoms with E-state index in [-0.39, 0.29) is 11.9 Å². The van der Waals surface area contributed by atoms with Gasteiger partial charge in [0, 0.05) is 6.54 Å². The summed E-state index contributed by atoms with van der Waals surface area (Å²) in [5.41, 5.74) is 1.66. The highest BCUT2D eigenvalue weighted by Gasteiger charge is 2.28. The summed E-state index contributed by atoms with van der Waals surface area (Å²) in [7, 11) is 0. The first-order chi connectivity index (χ1) is 11.1. The van der Waals surface area contributed by atoms with Crippen LogP contribution in [0.25, 0.3) is 0 Å². The van der Waals surface area contributed by atoms with Crippen LogP contribution in [0.2, 0.25) is 0 Å². The maximum absolute atomic E-state index is 12.5. The summed E-state index contributed by atoms with van der Waals surface area (Å²) in [6.07, 6.45) is 5.24. The van der Waals surface area contributed by atoms with Crippen LogP contribution in [0.5, 0.6) is 0 Å². The predicted octanol–water partition coefficient (Wildman–Crippen LogP) is 2.89. The van der Waals surface area contributed by atoms with Gasteiger partial charge in [-0.05, 0) is 62.4 Å². The van der Waals surface area contributed by atoms with E-state index in [0.29, 0.717) is 18.0 Å². The van der Waals surface area contributed by atoms with Gasteiger partial charge in [0.15, 0.2) is 0 Å². The Morgan fingerprint density at radius 3 is 2.78 bits per heavy atom. The molecule has 1 heterocycles. The maximum Gasteiger partial charge on any atom is 0.237 e. The van der Waals surface area contributed by atoms with Gasteiger partial charge in [-0.25, -0.2) is 0 Å². The lowest BCUT2D eigenvalue weighted by Gasteiger charge is -2.35. The molecule has 0 bridgehead atoms. The fourth-order valence-electron chi connectivity index (χ4n) is 2.81. The Morgan fingerprint density at radius 1 is 1.39 bits per heavy atom. The Kier molecular flexibility index (Phi) is 6.61. The minimum absolute atomic E-state index is 0.0409. The number of likely N-dealkylation sites (tertiary alicyclic amines) is 1. The number of piperidine rings is 1. The molecular weight excluding hydrogens is 286 g/mol. The fraction of sp³-hybridized carbons (Fsp3) is 0.526. The van der Waals surface area contributed by atoms with Crippen LogP contribution in [0.1, 0.15) is 44.2 Å². The van der Waals surface area contributed by atoms with E-state index in [0.717, 1.165) is 37.9 Å². The van der Waals surface area contributed by atoms with Gasteiger partial charge in [-0.15, -0.1) is 0 Å². The molecule has 1 fully saturated rings. The average Bonchev–Trinajstić information content (AvgIpc) is 2.58. The van der Waals surface area contributed by atoms with Crippen LogP contribution in [0, 0.1) is 23.7 Å². The first kappa shape index (κ1) is 17.5. The molecule has 1 unspecified atom stereocenters. The number of benzene rings is 1. The molecule has 4 heteroatoms. The predicted molar refractivity (Wildman–Crippen MR) is 91.4 cm³/mol. The van der Waals surface area contributed by atoms with Crippen molar-refractivity contribution in [2.45, 2.75) is 45.7 Å². The van der Waals surface area contributed by atoms with Gasteiger partial charge >= 0.3 is 0 Å². The number of hydrogen-bond acceptors (Lipinski definition) is 3. The number of rotatable bonds is 6. The topological polar surface area (TPSA) is 56.1 Å². The third kappa shape index (κ3) is 5.37. The summed E-state index contributed by atoms with van der Waals surface area (Å²) < 4.78 is 0. The number of nitrogens with one attached hydrogen (secondary N) is 1. The maximum atomic E-state index is 12.5. The molecule has 1 atom stereocenters. The Balaban J connectivity index is 1.87. The Morgan fingerprint density at radius 2 is 2.13 bits per heavy atom. The first-order valence-electron chi connectivity index (χ1n) is 8.42. The lowest BCUT2D eigenvalue weighted by molar-refractivity contribution is -0.127. The van der Waals surface area contributed by atoms with Crippen molar-refractivity contribution in [1.29, 1.82) is 5.26 Å². The summed E-state index contributed by atoms with van der Waals surface area (Å²) in [6, 6.07) is 9.41. The van der Waals surface area contributed by atoms with Gasteiger partial charge < -0.3 is 5.32 Å². The second kappa shape index (κ2) is 8.69. The molecule has 1 amide bonds. The van der Waals surface area contributed by atoms with Crippen LogP contribution >= 0.6 is 0 Å². The second-order valence-electron chi connectivity index (χ2n) is 6.57. The SMILES string of the molecule is CC(C)CCN1CC[CH]CC1C(=O)NCc1ccc(C#N)cc1. The highest BCUT2D eigenvalue weighted by atomic mass is 16.2. The van der Waals surface area contributed by atoms with E-state index in [1.165, 1.54) is 0 Å². The molecule has 2 rings (SSSR count). The molecule has 1 aliphatic rings. The molecule has 1 aromatic rings. The minimum atomic E-state index is -0.0409. The highest BCUT2D eigenvalue weighted by Crippen LogP contribution is 2.18. The summed E-state index contributed by atoms with van der Waals surface area (Å²) in [5.74, 6) is 0.761. The lowest BCUT2D eigenvalue weighted by atomic mass is 10.00. The molecule has 23 heavy (non-hydrogen) atoms. The third-order valence-corrected chi connectivity index (χ3v) is 4.30. The number of carbonyl (C=O) groups is 1. The number of nitriles is 1. The summed E-state index contributed by atoms with van der Waals surface area (Å²) in [6.45, 7) is 6.91. The number of hydrogen-bond donors (Lipinski definition) is 1. The number of nitrogens with zero attached hydrogens (tertiary/aromatic N) is 2. The van der Waals surface area contributed by atoms with Gasteiger partial charge in [-0.3, -0.25) is 9.69 Å². The van der Waals surface area contributed by atoms with Crippen molar-refractivity contribution in [2.24, 2.45) is 5.92 Å². The molecule has 1 saturated heterocycles. The van der Waals surface area contributed by atoms with Crippen molar-refractivity contribution in [3.63, 3.8) is 0 Å². The molecule has 1 radical (unpaired) electrons. The molecule has 1 aliphatic heterocycles. The lowest BCUT2D eigenvalue weighted by Crippen LogP contribution is -2.49. The van der Waals surface area contributed by atoms with Gasteiger partial charge in [-0.1, -0.05) is 26.0 Å². The summed E-state index contributed by atoms with van der Waals surface area (Å²) >= 11 is 0. The normalized spacial score (nSPS) is 18.6. The van der Waals surface area contributed by atoms with Crippen LogP contribution in [0.3, 0.4) is 0 Å². The summed E-state index contributed by atoms with van der Waals surface area (Å²) in [4.78, 5) is 14.8. The van der Waals surface area contributed by atoms with Crippen LogP contribution in [-0.4, -0.2) is 29.9 Å². The summed E-state index contributed by atoms with van der Waals surface area (Å²) in [5, 5.41) is 11.8. The van der Waals surface area contributed by atoms with E-state index in [4.69, 9.17) is 5.26 Å². The van der Waals surface area contributed by atoms with E-state index in [1.54, 1.807) is 12.1 Å². The van der Waals surface area contributed by atoms with Crippen LogP contribution < -0.4 is 5.32 Å². The van der Waals surface area contributed by atoms with E-state index in [1.807, 2.05) is 12.1 Å². The fourth-order valence-corrected chi connectivity index (χ4v) is 2.81. The van der Waals surface area contributed by atoms with Gasteiger partial charge in [0.05, 0.1) is 17.7 Å². The smallest absolute Gasteiger partial charge is 0.237 e. The van der Waals surface area contributed by atoms with E-state index < -0.39 is 0 Å². The van der Waals surface area contributed by atoms with Crippen molar-refractivity contribution in [2.75, 3.05) is 13.1 Å². The highest BCUT2D eigenvalue weighted by molar-refractivity contribution is 5.82. The standard InChI is InChI=1S/C19H26N3O/c1-15(2)10-12-22-11-4-3-5-18(22)19(23)21-14-17-8-6-16(13-20)7-9-17/h3,6-9,15,18H,4-5,10-12,14H2,1-2H3,(H,21,23). The average molecular weight is 312 g/mol. The molecule has 4 nitrogen and oxygen atoms in total.